The highest BCUT2D eigenvalue weighted by molar-refractivity contribution is 9.10. The Hall–Kier alpha value is -2.98. The third-order valence-electron chi connectivity index (χ3n) is 6.29. The fourth-order valence-corrected chi connectivity index (χ4v) is 4.95. The largest absolute Gasteiger partial charge is 0.416 e. The summed E-state index contributed by atoms with van der Waals surface area (Å²) in [5, 5.41) is 7.87. The van der Waals surface area contributed by atoms with Crippen molar-refractivity contribution in [1.82, 2.24) is 24.5 Å². The molecule has 0 aliphatic carbocycles. The summed E-state index contributed by atoms with van der Waals surface area (Å²) in [6.45, 7) is 2.24. The molecule has 1 saturated heterocycles. The zero-order chi connectivity index (χ0) is 24.4. The topological polar surface area (TPSA) is 58.4 Å². The molecule has 1 fully saturated rings. The van der Waals surface area contributed by atoms with Gasteiger partial charge in [0.1, 0.15) is 5.82 Å². The number of rotatable bonds is 6. The first-order valence-corrected chi connectivity index (χ1v) is 12.2. The second-order valence-corrected chi connectivity index (χ2v) is 9.59. The van der Waals surface area contributed by atoms with E-state index in [4.69, 9.17) is 4.98 Å². The lowest BCUT2D eigenvalue weighted by Crippen LogP contribution is -2.35. The molecule has 1 unspecified atom stereocenters. The molecular formula is C25H24BrF3N6. The Morgan fingerprint density at radius 1 is 1.11 bits per heavy atom. The van der Waals surface area contributed by atoms with Crippen LogP contribution in [0.3, 0.4) is 0 Å². The first kappa shape index (κ1) is 23.7. The summed E-state index contributed by atoms with van der Waals surface area (Å²) in [4.78, 5) is 11.1. The van der Waals surface area contributed by atoms with Gasteiger partial charge in [-0.1, -0.05) is 24.3 Å². The van der Waals surface area contributed by atoms with Crippen LogP contribution in [-0.4, -0.2) is 37.6 Å². The number of halogens is 4. The van der Waals surface area contributed by atoms with Gasteiger partial charge in [0.15, 0.2) is 5.65 Å². The van der Waals surface area contributed by atoms with Crippen molar-refractivity contribution in [2.45, 2.75) is 38.0 Å². The minimum atomic E-state index is -4.36. The molecule has 0 amide bonds. The van der Waals surface area contributed by atoms with Gasteiger partial charge >= 0.3 is 6.18 Å². The van der Waals surface area contributed by atoms with Gasteiger partial charge < -0.3 is 5.32 Å². The molecule has 35 heavy (non-hydrogen) atoms. The zero-order valence-electron chi connectivity index (χ0n) is 18.8. The van der Waals surface area contributed by atoms with Crippen molar-refractivity contribution in [3.05, 3.63) is 87.9 Å². The number of nitrogens with one attached hydrogen (secondary N) is 1. The SMILES string of the molecule is FC(F)(F)c1ccccc1CN1CCCC(c2cc(NCc3cccnc3)n3ncc(Br)c3n2)C1. The maximum atomic E-state index is 13.5. The third-order valence-corrected chi connectivity index (χ3v) is 6.84. The van der Waals surface area contributed by atoms with Gasteiger partial charge in [0.05, 0.1) is 21.9 Å². The van der Waals surface area contributed by atoms with Crippen molar-refractivity contribution in [2.75, 3.05) is 18.4 Å². The number of fused-ring (bicyclic) bond motifs is 1. The molecule has 0 radical (unpaired) electrons. The zero-order valence-corrected chi connectivity index (χ0v) is 20.4. The molecule has 3 aromatic heterocycles. The lowest BCUT2D eigenvalue weighted by atomic mass is 9.93. The quantitative estimate of drug-likeness (QED) is 0.327. The van der Waals surface area contributed by atoms with E-state index in [-0.39, 0.29) is 12.5 Å². The molecule has 1 atom stereocenters. The van der Waals surface area contributed by atoms with Crippen LogP contribution in [0.5, 0.6) is 0 Å². The standard InChI is InChI=1S/C25H24BrF3N6/c26-21-14-32-35-23(31-13-17-5-3-9-30-12-17)11-22(33-24(21)35)19-7-4-10-34(16-19)15-18-6-1-2-8-20(18)25(27,28)29/h1-3,5-6,8-9,11-12,14,19,31H,4,7,10,13,15-16H2. The van der Waals surface area contributed by atoms with Gasteiger partial charge in [0, 0.05) is 44.0 Å². The number of hydrogen-bond acceptors (Lipinski definition) is 5. The molecule has 1 aliphatic heterocycles. The van der Waals surface area contributed by atoms with Gasteiger partial charge in [-0.2, -0.15) is 22.8 Å². The van der Waals surface area contributed by atoms with Crippen LogP contribution in [0.2, 0.25) is 0 Å². The molecule has 6 nitrogen and oxygen atoms in total. The van der Waals surface area contributed by atoms with Crippen LogP contribution < -0.4 is 5.32 Å². The number of aromatic nitrogens is 4. The van der Waals surface area contributed by atoms with Crippen molar-refractivity contribution < 1.29 is 13.2 Å². The van der Waals surface area contributed by atoms with Crippen LogP contribution in [0, 0.1) is 0 Å². The first-order chi connectivity index (χ1) is 16.9. The van der Waals surface area contributed by atoms with Crippen molar-refractivity contribution in [3.8, 4) is 0 Å². The lowest BCUT2D eigenvalue weighted by molar-refractivity contribution is -0.138. The van der Waals surface area contributed by atoms with Gasteiger partial charge in [0.25, 0.3) is 0 Å². The Morgan fingerprint density at radius 2 is 1.97 bits per heavy atom. The third kappa shape index (κ3) is 5.33. The number of pyridine rings is 1. The van der Waals surface area contributed by atoms with E-state index in [0.29, 0.717) is 24.3 Å². The summed E-state index contributed by atoms with van der Waals surface area (Å²) in [6.07, 6.45) is 2.71. The smallest absolute Gasteiger partial charge is 0.366 e. The summed E-state index contributed by atoms with van der Waals surface area (Å²) < 4.78 is 43.0. The van der Waals surface area contributed by atoms with Crippen LogP contribution in [-0.2, 0) is 19.3 Å². The molecule has 5 rings (SSSR count). The molecular weight excluding hydrogens is 521 g/mol. The number of anilines is 1. The van der Waals surface area contributed by atoms with Crippen LogP contribution in [0.1, 0.15) is 41.1 Å². The molecule has 1 aromatic carbocycles. The Balaban J connectivity index is 1.38. The Morgan fingerprint density at radius 3 is 2.77 bits per heavy atom. The molecule has 10 heteroatoms. The highest BCUT2D eigenvalue weighted by Gasteiger charge is 2.34. The fraction of sp³-hybridized carbons (Fsp3) is 0.320. The second-order valence-electron chi connectivity index (χ2n) is 8.74. The normalized spacial score (nSPS) is 17.1. The van der Waals surface area contributed by atoms with Gasteiger partial charge in [-0.3, -0.25) is 9.88 Å². The average Bonchev–Trinajstić information content (AvgIpc) is 3.24. The second kappa shape index (κ2) is 9.94. The number of likely N-dealkylation sites (tertiary alicyclic amines) is 1. The molecule has 0 saturated carbocycles. The Labute approximate surface area is 209 Å². The number of nitrogens with zero attached hydrogens (tertiary/aromatic N) is 5. The predicted molar refractivity (Wildman–Crippen MR) is 131 cm³/mol. The van der Waals surface area contributed by atoms with Crippen LogP contribution in [0.4, 0.5) is 19.0 Å². The van der Waals surface area contributed by atoms with Gasteiger partial charge in [-0.05, 0) is 58.6 Å². The Kier molecular flexibility index (Phi) is 6.75. The molecule has 0 bridgehead atoms. The summed E-state index contributed by atoms with van der Waals surface area (Å²) in [5.41, 5.74) is 2.39. The molecule has 1 N–H and O–H groups in total. The average molecular weight is 545 g/mol. The van der Waals surface area contributed by atoms with Crippen molar-refractivity contribution in [2.24, 2.45) is 0 Å². The predicted octanol–water partition coefficient (Wildman–Crippen LogP) is 5.90. The monoisotopic (exact) mass is 544 g/mol. The fourth-order valence-electron chi connectivity index (χ4n) is 4.60. The minimum absolute atomic E-state index is 0.104. The van der Waals surface area contributed by atoms with E-state index in [0.717, 1.165) is 47.0 Å². The van der Waals surface area contributed by atoms with Crippen LogP contribution in [0.15, 0.2) is 65.5 Å². The highest BCUT2D eigenvalue weighted by atomic mass is 79.9. The van der Waals surface area contributed by atoms with E-state index in [2.05, 4.69) is 36.2 Å². The molecule has 1 aliphatic rings. The number of benzene rings is 1. The van der Waals surface area contributed by atoms with E-state index in [1.54, 1.807) is 29.0 Å². The molecule has 4 aromatic rings. The first-order valence-electron chi connectivity index (χ1n) is 11.4. The van der Waals surface area contributed by atoms with E-state index < -0.39 is 11.7 Å². The highest BCUT2D eigenvalue weighted by Crippen LogP contribution is 2.34. The minimum Gasteiger partial charge on any atom is -0.366 e. The van der Waals surface area contributed by atoms with E-state index in [1.807, 2.05) is 24.4 Å². The van der Waals surface area contributed by atoms with Gasteiger partial charge in [-0.15, -0.1) is 0 Å². The van der Waals surface area contributed by atoms with Crippen LogP contribution >= 0.6 is 15.9 Å². The van der Waals surface area contributed by atoms with E-state index in [9.17, 15) is 13.2 Å². The van der Waals surface area contributed by atoms with E-state index in [1.165, 1.54) is 6.07 Å². The Bertz CT molecular complexity index is 1310. The lowest BCUT2D eigenvalue weighted by Gasteiger charge is -2.33. The van der Waals surface area contributed by atoms with Gasteiger partial charge in [-0.25, -0.2) is 4.98 Å². The number of piperidine rings is 1. The number of alkyl halides is 3. The van der Waals surface area contributed by atoms with E-state index >= 15 is 0 Å². The maximum absolute atomic E-state index is 13.5. The maximum Gasteiger partial charge on any atom is 0.416 e. The van der Waals surface area contributed by atoms with Crippen molar-refractivity contribution in [1.29, 1.82) is 0 Å². The van der Waals surface area contributed by atoms with Gasteiger partial charge in [0.2, 0.25) is 0 Å². The molecule has 0 spiro atoms. The summed E-state index contributed by atoms with van der Waals surface area (Å²) in [5.74, 6) is 0.909. The van der Waals surface area contributed by atoms with Crippen molar-refractivity contribution >= 4 is 27.4 Å². The summed E-state index contributed by atoms with van der Waals surface area (Å²) >= 11 is 3.54. The van der Waals surface area contributed by atoms with Crippen LogP contribution in [0.25, 0.3) is 5.65 Å². The summed E-state index contributed by atoms with van der Waals surface area (Å²) in [7, 11) is 0. The molecule has 4 heterocycles. The van der Waals surface area contributed by atoms with Crippen molar-refractivity contribution in [3.63, 3.8) is 0 Å². The number of hydrogen-bond donors (Lipinski definition) is 1. The summed E-state index contributed by atoms with van der Waals surface area (Å²) in [6, 6.07) is 11.7. The molecule has 182 valence electrons.